The molecule has 2 aliphatic heterocycles. The minimum atomic E-state index is -0.964. The number of aliphatic hydroxyl groups is 3. The maximum absolute atomic E-state index is 13.7. The van der Waals surface area contributed by atoms with Gasteiger partial charge in [0.1, 0.15) is 23.6 Å². The van der Waals surface area contributed by atoms with E-state index in [-0.39, 0.29) is 60.1 Å². The van der Waals surface area contributed by atoms with Crippen molar-refractivity contribution in [1.82, 2.24) is 0 Å². The summed E-state index contributed by atoms with van der Waals surface area (Å²) in [5, 5.41) is 32.6. The van der Waals surface area contributed by atoms with Crippen LogP contribution in [0.4, 0.5) is 0 Å². The molecule has 0 aromatic rings. The number of fused-ring (bicyclic) bond motifs is 4. The number of aliphatic hydroxyl groups excluding tert-OH is 3. The molecular weight excluding hydrogens is 476 g/mol. The van der Waals surface area contributed by atoms with Crippen LogP contribution in [0.25, 0.3) is 0 Å². The van der Waals surface area contributed by atoms with Crippen LogP contribution in [0.5, 0.6) is 0 Å². The Balaban J connectivity index is 1.29. The summed E-state index contributed by atoms with van der Waals surface area (Å²) in [7, 11) is 1.52. The minimum Gasteiger partial charge on any atom is -0.458 e. The monoisotopic (exact) mass is 518 g/mol. The number of carbonyl (C=O) groups excluding carboxylic acids is 2. The lowest BCUT2D eigenvalue weighted by Crippen LogP contribution is -2.70. The maximum Gasteiger partial charge on any atom is 0.336 e. The summed E-state index contributed by atoms with van der Waals surface area (Å²) in [5.74, 6) is 0.169. The van der Waals surface area contributed by atoms with Crippen molar-refractivity contribution in [3.63, 3.8) is 0 Å². The molecule has 1 saturated heterocycles. The van der Waals surface area contributed by atoms with Crippen LogP contribution in [0.3, 0.4) is 0 Å². The summed E-state index contributed by atoms with van der Waals surface area (Å²) >= 11 is 0. The molecule has 5 fully saturated rings. The number of esters is 1. The van der Waals surface area contributed by atoms with Crippen LogP contribution in [0.15, 0.2) is 11.1 Å². The first-order valence-electron chi connectivity index (χ1n) is 14.1. The summed E-state index contributed by atoms with van der Waals surface area (Å²) in [6, 6.07) is 0. The molecule has 0 radical (unpaired) electrons. The third kappa shape index (κ3) is 3.14. The normalized spacial score (nSPS) is 53.6. The van der Waals surface area contributed by atoms with Crippen molar-refractivity contribution in [2.75, 3.05) is 13.7 Å². The van der Waals surface area contributed by atoms with Crippen molar-refractivity contribution in [1.29, 1.82) is 0 Å². The largest absolute Gasteiger partial charge is 0.458 e. The van der Waals surface area contributed by atoms with E-state index in [4.69, 9.17) is 14.2 Å². The van der Waals surface area contributed by atoms with E-state index in [0.29, 0.717) is 24.3 Å². The van der Waals surface area contributed by atoms with E-state index < -0.39 is 35.3 Å². The summed E-state index contributed by atoms with van der Waals surface area (Å²) < 4.78 is 17.6. The molecule has 206 valence electrons. The van der Waals surface area contributed by atoms with Gasteiger partial charge in [-0.2, -0.15) is 0 Å². The summed E-state index contributed by atoms with van der Waals surface area (Å²) in [5.41, 5.74) is -0.799. The smallest absolute Gasteiger partial charge is 0.336 e. The van der Waals surface area contributed by atoms with Crippen LogP contribution in [-0.2, 0) is 23.8 Å². The van der Waals surface area contributed by atoms with Gasteiger partial charge in [0, 0.05) is 25.9 Å². The molecule has 0 aromatic heterocycles. The third-order valence-corrected chi connectivity index (χ3v) is 12.2. The molecule has 2 heterocycles. The molecule has 4 saturated carbocycles. The van der Waals surface area contributed by atoms with Gasteiger partial charge in [0.05, 0.1) is 35.9 Å². The number of cyclic esters (lactones) is 1. The van der Waals surface area contributed by atoms with Gasteiger partial charge >= 0.3 is 5.97 Å². The van der Waals surface area contributed by atoms with E-state index in [1.54, 1.807) is 0 Å². The SMILES string of the molecule is CO[C@H]1CC(=O)[C@]2(C)[C@@H]3[C@@H](C[C@H]4O[C@]42[C@H]1O)[C@@H]1CC[C@H]([C@H](C)[C@H]2CC(C)=C(CO)C(=O)O2)[C@@]1(C)C[C@@H]3O. The van der Waals surface area contributed by atoms with Crippen molar-refractivity contribution in [2.24, 2.45) is 40.4 Å². The molecule has 8 heteroatoms. The van der Waals surface area contributed by atoms with Crippen LogP contribution in [0, 0.1) is 40.4 Å². The molecule has 3 N–H and O–H groups in total. The van der Waals surface area contributed by atoms with Crippen LogP contribution >= 0.6 is 0 Å². The van der Waals surface area contributed by atoms with Gasteiger partial charge in [-0.05, 0) is 68.6 Å². The average Bonchev–Trinajstić information content (AvgIpc) is 3.48. The second-order valence-corrected chi connectivity index (χ2v) is 13.4. The molecule has 0 bridgehead atoms. The Morgan fingerprint density at radius 1 is 1.16 bits per heavy atom. The highest BCUT2D eigenvalue weighted by Gasteiger charge is 2.83. The number of hydrogen-bond donors (Lipinski definition) is 3. The molecule has 6 aliphatic rings. The molecule has 13 atom stereocenters. The first-order chi connectivity index (χ1) is 17.4. The number of epoxide rings is 1. The van der Waals surface area contributed by atoms with Crippen molar-refractivity contribution in [3.05, 3.63) is 11.1 Å². The Kier molecular flexibility index (Phi) is 5.84. The third-order valence-electron chi connectivity index (χ3n) is 12.2. The van der Waals surface area contributed by atoms with E-state index in [0.717, 1.165) is 24.8 Å². The predicted octanol–water partition coefficient (Wildman–Crippen LogP) is 2.17. The number of methoxy groups -OCH3 is 1. The van der Waals surface area contributed by atoms with Crippen LogP contribution < -0.4 is 0 Å². The highest BCUT2D eigenvalue weighted by molar-refractivity contribution is 5.90. The average molecular weight is 519 g/mol. The van der Waals surface area contributed by atoms with Crippen molar-refractivity contribution in [2.45, 2.75) is 102 Å². The highest BCUT2D eigenvalue weighted by atomic mass is 16.6. The van der Waals surface area contributed by atoms with Crippen LogP contribution in [0.1, 0.15) is 66.2 Å². The second-order valence-electron chi connectivity index (χ2n) is 13.4. The van der Waals surface area contributed by atoms with Crippen LogP contribution in [0.2, 0.25) is 0 Å². The van der Waals surface area contributed by atoms with Crippen molar-refractivity contribution >= 4 is 11.8 Å². The molecule has 6 rings (SSSR count). The highest BCUT2D eigenvalue weighted by Crippen LogP contribution is 2.73. The zero-order valence-corrected chi connectivity index (χ0v) is 22.6. The fourth-order valence-corrected chi connectivity index (χ4v) is 10.4. The van der Waals surface area contributed by atoms with Crippen molar-refractivity contribution < 1.29 is 39.1 Å². The standard InChI is InChI=1S/C29H42O8/c1-13-8-20(36-26(34)16(13)12-30)14(2)17-6-7-18-15-9-23-29(37-23)25(33)21(35-5)10-22(32)28(29,4)24(15)19(31)11-27(17,18)3/h14-15,17-21,23-25,30-31,33H,6-12H2,1-5H3/t14-,15-,17+,18-,19-,20+,21-,23+,24+,25-,27+,28+,29-/m0/s1. The Bertz CT molecular complexity index is 1040. The zero-order chi connectivity index (χ0) is 26.7. The molecule has 4 aliphatic carbocycles. The Morgan fingerprint density at radius 3 is 2.54 bits per heavy atom. The quantitative estimate of drug-likeness (QED) is 0.382. The molecule has 0 unspecified atom stereocenters. The van der Waals surface area contributed by atoms with E-state index in [2.05, 4.69) is 13.8 Å². The number of ketones is 1. The summed E-state index contributed by atoms with van der Waals surface area (Å²) in [6.07, 6.45) is 1.47. The second kappa shape index (κ2) is 8.34. The number of carbonyl (C=O) groups is 2. The first-order valence-corrected chi connectivity index (χ1v) is 14.1. The van der Waals surface area contributed by atoms with Gasteiger partial charge in [-0.3, -0.25) is 4.79 Å². The molecule has 1 spiro atoms. The van der Waals surface area contributed by atoms with Gasteiger partial charge in [-0.15, -0.1) is 0 Å². The van der Waals surface area contributed by atoms with Gasteiger partial charge in [-0.25, -0.2) is 4.79 Å². The fraction of sp³-hybridized carbons (Fsp3) is 0.862. The number of hydrogen-bond acceptors (Lipinski definition) is 8. The minimum absolute atomic E-state index is 0.0310. The van der Waals surface area contributed by atoms with Crippen LogP contribution in [-0.4, -0.2) is 76.9 Å². The first kappa shape index (κ1) is 25.9. The van der Waals surface area contributed by atoms with Gasteiger partial charge in [0.15, 0.2) is 0 Å². The van der Waals surface area contributed by atoms with Gasteiger partial charge in [0.2, 0.25) is 0 Å². The molecular formula is C29H42O8. The maximum atomic E-state index is 13.7. The van der Waals surface area contributed by atoms with Gasteiger partial charge in [-0.1, -0.05) is 19.4 Å². The Morgan fingerprint density at radius 2 is 1.89 bits per heavy atom. The lowest BCUT2D eigenvalue weighted by Gasteiger charge is -2.61. The van der Waals surface area contributed by atoms with E-state index in [1.165, 1.54) is 7.11 Å². The zero-order valence-electron chi connectivity index (χ0n) is 22.6. The molecule has 0 aromatic carbocycles. The van der Waals surface area contributed by atoms with E-state index >= 15 is 0 Å². The predicted molar refractivity (Wildman–Crippen MR) is 132 cm³/mol. The summed E-state index contributed by atoms with van der Waals surface area (Å²) in [4.78, 5) is 26.2. The van der Waals surface area contributed by atoms with Crippen molar-refractivity contribution in [3.8, 4) is 0 Å². The fourth-order valence-electron chi connectivity index (χ4n) is 10.4. The lowest BCUT2D eigenvalue weighted by atomic mass is 9.42. The van der Waals surface area contributed by atoms with Gasteiger partial charge < -0.3 is 29.5 Å². The Hall–Kier alpha value is -1.32. The topological polar surface area (TPSA) is 126 Å². The molecule has 0 amide bonds. The molecule has 8 nitrogen and oxygen atoms in total. The summed E-state index contributed by atoms with van der Waals surface area (Å²) in [6.45, 7) is 7.97. The molecule has 37 heavy (non-hydrogen) atoms. The van der Waals surface area contributed by atoms with Gasteiger partial charge in [0.25, 0.3) is 0 Å². The van der Waals surface area contributed by atoms with E-state index in [1.807, 2.05) is 13.8 Å². The number of ether oxygens (including phenoxy) is 3. The lowest BCUT2D eigenvalue weighted by molar-refractivity contribution is -0.202. The number of Topliss-reactive ketones (excluding diaryl/α,β-unsaturated/α-hetero) is 1. The van der Waals surface area contributed by atoms with E-state index in [9.17, 15) is 24.9 Å². The number of rotatable bonds is 4. The Labute approximate surface area is 218 Å².